The highest BCUT2D eigenvalue weighted by atomic mass is 79.9. The first-order chi connectivity index (χ1) is 20.2. The summed E-state index contributed by atoms with van der Waals surface area (Å²) in [6.07, 6.45) is 4.35. The fourth-order valence-corrected chi connectivity index (χ4v) is 8.82. The maximum absolute atomic E-state index is 14.8. The molecule has 1 aromatic carbocycles. The van der Waals surface area contributed by atoms with Crippen LogP contribution in [0, 0.1) is 17.3 Å². The minimum atomic E-state index is -1.16. The van der Waals surface area contributed by atoms with Gasteiger partial charge in [-0.15, -0.1) is 13.2 Å². The number of likely N-dealkylation sites (tertiary alicyclic amines) is 1. The number of alkyl halides is 1. The first-order valence-corrected chi connectivity index (χ1v) is 16.2. The van der Waals surface area contributed by atoms with Crippen LogP contribution in [0.15, 0.2) is 55.6 Å². The average Bonchev–Trinajstić information content (AvgIpc) is 3.52. The molecule has 236 valence electrons. The third kappa shape index (κ3) is 6.36. The van der Waals surface area contributed by atoms with E-state index in [0.717, 1.165) is 12.0 Å². The lowest BCUT2D eigenvalue weighted by molar-refractivity contribution is -0.153. The molecule has 0 saturated carbocycles. The van der Waals surface area contributed by atoms with Crippen molar-refractivity contribution in [2.45, 2.75) is 88.5 Å². The van der Waals surface area contributed by atoms with E-state index in [-0.39, 0.29) is 41.1 Å². The molecule has 9 heteroatoms. The van der Waals surface area contributed by atoms with Crippen molar-refractivity contribution < 1.29 is 24.2 Å². The highest BCUT2D eigenvalue weighted by molar-refractivity contribution is 9.09. The molecule has 3 fully saturated rings. The van der Waals surface area contributed by atoms with E-state index in [2.05, 4.69) is 49.9 Å². The van der Waals surface area contributed by atoms with Crippen LogP contribution in [-0.2, 0) is 25.7 Å². The first kappa shape index (κ1) is 33.4. The number of carbonyl (C=O) groups excluding carboxylic acids is 3. The molecule has 8 nitrogen and oxygen atoms in total. The summed E-state index contributed by atoms with van der Waals surface area (Å²) in [6.45, 7) is 19.4. The summed E-state index contributed by atoms with van der Waals surface area (Å²) in [6, 6.07) is 8.81. The lowest BCUT2D eigenvalue weighted by Gasteiger charge is -2.45. The van der Waals surface area contributed by atoms with E-state index < -0.39 is 35.1 Å². The fraction of sp³-hybridized carbons (Fsp3) is 0.618. The number of rotatable bonds is 13. The zero-order valence-corrected chi connectivity index (χ0v) is 27.9. The summed E-state index contributed by atoms with van der Waals surface area (Å²) in [5, 5.41) is 9.72. The number of hydrogen-bond donors (Lipinski definition) is 1. The van der Waals surface area contributed by atoms with E-state index in [1.165, 1.54) is 0 Å². The smallest absolute Gasteiger partial charge is 0.249 e. The Morgan fingerprint density at radius 2 is 1.77 bits per heavy atom. The molecule has 1 N–H and O–H groups in total. The Morgan fingerprint density at radius 1 is 1.12 bits per heavy atom. The van der Waals surface area contributed by atoms with Gasteiger partial charge in [0, 0.05) is 43.2 Å². The molecule has 0 radical (unpaired) electrons. The number of halogens is 1. The summed E-state index contributed by atoms with van der Waals surface area (Å²) >= 11 is 3.78. The van der Waals surface area contributed by atoms with Gasteiger partial charge in [-0.1, -0.05) is 79.2 Å². The van der Waals surface area contributed by atoms with Crippen molar-refractivity contribution in [3.05, 3.63) is 61.2 Å². The van der Waals surface area contributed by atoms with Crippen molar-refractivity contribution in [2.75, 3.05) is 26.2 Å². The molecule has 0 aliphatic carbocycles. The van der Waals surface area contributed by atoms with Crippen molar-refractivity contribution in [2.24, 2.45) is 17.3 Å². The van der Waals surface area contributed by atoms with E-state index in [1.54, 1.807) is 22.0 Å². The van der Waals surface area contributed by atoms with Crippen LogP contribution in [0.25, 0.3) is 0 Å². The standard InChI is InChI=1S/C34H48BrN3O5/c1-8-16-36(21-23-14-11-10-12-15-23)29(40)25-26-30(41)37(18-13-19-39)28(34(26)20-24(35)27(25)43-34)31(42)38(17-9-2)33(6,7)22-32(3,4)5/h8-12,14-15,24-28,39H,1-2,13,16-22H2,3-7H3/t24?,25-,26+,27-,28?,34?/m1/s1. The van der Waals surface area contributed by atoms with Crippen LogP contribution in [0.1, 0.15) is 59.4 Å². The number of ether oxygens (including phenoxy) is 1. The highest BCUT2D eigenvalue weighted by Crippen LogP contribution is 2.60. The number of nitrogens with zero attached hydrogens (tertiary/aromatic N) is 3. The van der Waals surface area contributed by atoms with Crippen LogP contribution in [0.5, 0.6) is 0 Å². The second-order valence-corrected chi connectivity index (χ2v) is 15.2. The van der Waals surface area contributed by atoms with Gasteiger partial charge < -0.3 is 24.5 Å². The molecular formula is C34H48BrN3O5. The Bertz CT molecular complexity index is 1210. The first-order valence-electron chi connectivity index (χ1n) is 15.3. The van der Waals surface area contributed by atoms with Crippen molar-refractivity contribution in [3.8, 4) is 0 Å². The van der Waals surface area contributed by atoms with Gasteiger partial charge in [0.15, 0.2) is 0 Å². The van der Waals surface area contributed by atoms with E-state index in [4.69, 9.17) is 4.74 Å². The normalized spacial score (nSPS) is 28.1. The third-order valence-electron chi connectivity index (χ3n) is 9.01. The summed E-state index contributed by atoms with van der Waals surface area (Å²) < 4.78 is 6.75. The summed E-state index contributed by atoms with van der Waals surface area (Å²) in [4.78, 5) is 48.5. The van der Waals surface area contributed by atoms with Gasteiger partial charge in [0.25, 0.3) is 0 Å². The van der Waals surface area contributed by atoms with Crippen LogP contribution >= 0.6 is 15.9 Å². The molecule has 3 unspecified atom stereocenters. The SMILES string of the molecule is C=CCN(Cc1ccccc1)C(=O)[C@H]1[C@@H]2OC3(CC2Br)C(C(=O)N(CC=C)C(C)(C)CC(C)(C)C)N(CCCO)C(=O)[C@H]13. The van der Waals surface area contributed by atoms with Gasteiger partial charge in [-0.3, -0.25) is 14.4 Å². The van der Waals surface area contributed by atoms with E-state index in [0.29, 0.717) is 32.5 Å². The molecule has 3 amide bonds. The zero-order valence-electron chi connectivity index (χ0n) is 26.3. The molecular weight excluding hydrogens is 610 g/mol. The van der Waals surface area contributed by atoms with E-state index in [9.17, 15) is 19.5 Å². The number of carbonyl (C=O) groups is 3. The molecule has 1 spiro atoms. The third-order valence-corrected chi connectivity index (χ3v) is 9.86. The van der Waals surface area contributed by atoms with Crippen molar-refractivity contribution in [1.82, 2.24) is 14.7 Å². The topological polar surface area (TPSA) is 90.4 Å². The van der Waals surface area contributed by atoms with E-state index in [1.807, 2.05) is 49.1 Å². The van der Waals surface area contributed by atoms with Gasteiger partial charge in [0.1, 0.15) is 11.6 Å². The molecule has 0 aromatic heterocycles. The second kappa shape index (κ2) is 12.9. The molecule has 3 aliphatic heterocycles. The monoisotopic (exact) mass is 657 g/mol. The van der Waals surface area contributed by atoms with Crippen LogP contribution in [0.3, 0.4) is 0 Å². The van der Waals surface area contributed by atoms with E-state index >= 15 is 0 Å². The predicted molar refractivity (Wildman–Crippen MR) is 171 cm³/mol. The molecule has 3 saturated heterocycles. The van der Waals surface area contributed by atoms with Gasteiger partial charge in [-0.25, -0.2) is 0 Å². The maximum Gasteiger partial charge on any atom is 0.249 e. The lowest BCUT2D eigenvalue weighted by Crippen LogP contribution is -2.61. The summed E-state index contributed by atoms with van der Waals surface area (Å²) in [5.41, 5.74) is -0.782. The molecule has 3 aliphatic rings. The Hall–Kier alpha value is -2.49. The predicted octanol–water partition coefficient (Wildman–Crippen LogP) is 4.56. The number of aliphatic hydroxyl groups excluding tert-OH is 1. The van der Waals surface area contributed by atoms with Gasteiger partial charge in [0.05, 0.1) is 17.9 Å². The van der Waals surface area contributed by atoms with Crippen LogP contribution in [0.2, 0.25) is 0 Å². The fourth-order valence-electron chi connectivity index (χ4n) is 7.88. The number of benzene rings is 1. The van der Waals surface area contributed by atoms with Gasteiger partial charge >= 0.3 is 0 Å². The Morgan fingerprint density at radius 3 is 2.35 bits per heavy atom. The minimum absolute atomic E-state index is 0.0553. The second-order valence-electron chi connectivity index (χ2n) is 14.1. The Labute approximate surface area is 265 Å². The van der Waals surface area contributed by atoms with Crippen LogP contribution in [-0.4, -0.2) is 91.9 Å². The van der Waals surface area contributed by atoms with Gasteiger partial charge in [0.2, 0.25) is 17.7 Å². The number of fused-ring (bicyclic) bond motifs is 1. The quantitative estimate of drug-likeness (QED) is 0.248. The molecule has 1 aromatic rings. The largest absolute Gasteiger partial charge is 0.396 e. The zero-order chi connectivity index (χ0) is 31.7. The van der Waals surface area contributed by atoms with Gasteiger partial charge in [-0.05, 0) is 44.1 Å². The number of hydrogen-bond acceptors (Lipinski definition) is 5. The Kier molecular flexibility index (Phi) is 9.99. The Balaban J connectivity index is 1.76. The summed E-state index contributed by atoms with van der Waals surface area (Å²) in [7, 11) is 0. The minimum Gasteiger partial charge on any atom is -0.396 e. The number of amides is 3. The molecule has 4 rings (SSSR count). The maximum atomic E-state index is 14.8. The number of aliphatic hydroxyl groups is 1. The molecule has 2 bridgehead atoms. The van der Waals surface area contributed by atoms with Crippen molar-refractivity contribution >= 4 is 33.7 Å². The van der Waals surface area contributed by atoms with Crippen molar-refractivity contribution in [3.63, 3.8) is 0 Å². The van der Waals surface area contributed by atoms with Crippen LogP contribution in [0.4, 0.5) is 0 Å². The molecule has 43 heavy (non-hydrogen) atoms. The molecule has 3 heterocycles. The van der Waals surface area contributed by atoms with Crippen LogP contribution < -0.4 is 0 Å². The average molecular weight is 659 g/mol. The summed E-state index contributed by atoms with van der Waals surface area (Å²) in [5.74, 6) is -2.18. The van der Waals surface area contributed by atoms with Gasteiger partial charge in [-0.2, -0.15) is 0 Å². The lowest BCUT2D eigenvalue weighted by atomic mass is 9.70. The van der Waals surface area contributed by atoms with Crippen molar-refractivity contribution in [1.29, 1.82) is 0 Å². The highest BCUT2D eigenvalue weighted by Gasteiger charge is 2.77. The molecule has 6 atom stereocenters.